The number of amides is 1. The van der Waals surface area contributed by atoms with Gasteiger partial charge < -0.3 is 10.6 Å². The molecule has 1 saturated heterocycles. The maximum atomic E-state index is 12.6. The van der Waals surface area contributed by atoms with E-state index >= 15 is 0 Å². The molecule has 1 aliphatic carbocycles. The maximum absolute atomic E-state index is 12.6. The van der Waals surface area contributed by atoms with Gasteiger partial charge in [0.05, 0.1) is 12.6 Å². The zero-order valence-corrected chi connectivity index (χ0v) is 13.2. The van der Waals surface area contributed by atoms with E-state index in [0.717, 1.165) is 45.1 Å². The zero-order chi connectivity index (χ0) is 15.3. The van der Waals surface area contributed by atoms with Crippen LogP contribution in [0.1, 0.15) is 51.4 Å². The van der Waals surface area contributed by atoms with Crippen LogP contribution in [-0.2, 0) is 4.79 Å². The van der Waals surface area contributed by atoms with E-state index in [9.17, 15) is 10.1 Å². The van der Waals surface area contributed by atoms with E-state index in [0.29, 0.717) is 19.1 Å². The van der Waals surface area contributed by atoms with Gasteiger partial charge in [0, 0.05) is 19.6 Å². The molecule has 0 radical (unpaired) electrons. The van der Waals surface area contributed by atoms with Crippen LogP contribution in [0.25, 0.3) is 0 Å². The summed E-state index contributed by atoms with van der Waals surface area (Å²) >= 11 is 0. The van der Waals surface area contributed by atoms with Crippen molar-refractivity contribution in [3.05, 3.63) is 0 Å². The second-order valence-corrected chi connectivity index (χ2v) is 6.51. The maximum Gasteiger partial charge on any atom is 0.237 e. The summed E-state index contributed by atoms with van der Waals surface area (Å²) in [5, 5.41) is 9.59. The van der Waals surface area contributed by atoms with Crippen molar-refractivity contribution < 1.29 is 4.79 Å². The highest BCUT2D eigenvalue weighted by molar-refractivity contribution is 5.79. The van der Waals surface area contributed by atoms with Crippen LogP contribution in [0.4, 0.5) is 0 Å². The summed E-state index contributed by atoms with van der Waals surface area (Å²) in [6, 6.07) is 2.74. The molecule has 2 fully saturated rings. The summed E-state index contributed by atoms with van der Waals surface area (Å²) in [5.74, 6) is 0.0683. The lowest BCUT2D eigenvalue weighted by Crippen LogP contribution is -2.55. The molecule has 21 heavy (non-hydrogen) atoms. The number of likely N-dealkylation sites (tertiary alicyclic amines) is 1. The van der Waals surface area contributed by atoms with Gasteiger partial charge in [-0.3, -0.25) is 9.69 Å². The lowest BCUT2D eigenvalue weighted by atomic mass is 9.81. The quantitative estimate of drug-likeness (QED) is 0.852. The minimum Gasteiger partial charge on any atom is -0.329 e. The Hall–Kier alpha value is -1.12. The molecule has 1 heterocycles. The summed E-state index contributed by atoms with van der Waals surface area (Å²) in [5.41, 5.74) is 5.24. The number of hydrogen-bond acceptors (Lipinski definition) is 4. The van der Waals surface area contributed by atoms with Crippen molar-refractivity contribution in [2.75, 3.05) is 26.7 Å². The molecule has 1 amide bonds. The monoisotopic (exact) mass is 292 g/mol. The fourth-order valence-corrected chi connectivity index (χ4v) is 3.71. The van der Waals surface area contributed by atoms with Crippen LogP contribution in [0, 0.1) is 11.3 Å². The number of nitrogens with two attached hydrogens (primary N) is 1. The van der Waals surface area contributed by atoms with Crippen molar-refractivity contribution in [3.63, 3.8) is 0 Å². The van der Waals surface area contributed by atoms with Crippen molar-refractivity contribution in [1.29, 1.82) is 5.26 Å². The third kappa shape index (κ3) is 3.56. The van der Waals surface area contributed by atoms with Crippen molar-refractivity contribution in [3.8, 4) is 6.07 Å². The summed E-state index contributed by atoms with van der Waals surface area (Å²) in [4.78, 5) is 16.5. The highest BCUT2D eigenvalue weighted by Crippen LogP contribution is 2.32. The van der Waals surface area contributed by atoms with Crippen molar-refractivity contribution in [2.24, 2.45) is 5.73 Å². The van der Waals surface area contributed by atoms with Crippen molar-refractivity contribution in [1.82, 2.24) is 9.80 Å². The Morgan fingerprint density at radius 1 is 1.33 bits per heavy atom. The molecule has 1 unspecified atom stereocenters. The van der Waals surface area contributed by atoms with Crippen LogP contribution in [0.2, 0.25) is 0 Å². The number of hydrogen-bond donors (Lipinski definition) is 1. The second-order valence-electron chi connectivity index (χ2n) is 6.51. The summed E-state index contributed by atoms with van der Waals surface area (Å²) in [6.07, 6.45) is 8.30. The largest absolute Gasteiger partial charge is 0.329 e. The van der Waals surface area contributed by atoms with Crippen LogP contribution in [0.5, 0.6) is 0 Å². The lowest BCUT2D eigenvalue weighted by molar-refractivity contribution is -0.137. The molecule has 1 atom stereocenters. The lowest BCUT2D eigenvalue weighted by Gasteiger charge is -2.41. The molecule has 2 rings (SSSR count). The first-order valence-corrected chi connectivity index (χ1v) is 8.25. The van der Waals surface area contributed by atoms with E-state index in [1.54, 1.807) is 11.9 Å². The first-order valence-electron chi connectivity index (χ1n) is 8.25. The molecule has 2 aliphatic rings. The summed E-state index contributed by atoms with van der Waals surface area (Å²) in [6.45, 7) is 1.96. The molecule has 118 valence electrons. The number of rotatable bonds is 4. The Labute approximate surface area is 128 Å². The SMILES string of the molecule is CN(C(=O)CN1CCCCC1CN)C1(C#N)CCCCC1. The van der Waals surface area contributed by atoms with Gasteiger partial charge in [0.2, 0.25) is 5.91 Å². The fraction of sp³-hybridized carbons (Fsp3) is 0.875. The van der Waals surface area contributed by atoms with E-state index in [1.165, 1.54) is 12.8 Å². The minimum atomic E-state index is -0.580. The Bertz CT molecular complexity index is 398. The van der Waals surface area contributed by atoms with Gasteiger partial charge in [-0.15, -0.1) is 0 Å². The van der Waals surface area contributed by atoms with Gasteiger partial charge >= 0.3 is 0 Å². The van der Waals surface area contributed by atoms with Gasteiger partial charge in [0.1, 0.15) is 5.54 Å². The third-order valence-electron chi connectivity index (χ3n) is 5.26. The number of carbonyl (C=O) groups is 1. The summed E-state index contributed by atoms with van der Waals surface area (Å²) in [7, 11) is 1.80. The molecule has 2 N–H and O–H groups in total. The fourth-order valence-electron chi connectivity index (χ4n) is 3.71. The number of piperidine rings is 1. The Morgan fingerprint density at radius 2 is 2.05 bits per heavy atom. The van der Waals surface area contributed by atoms with E-state index in [1.807, 2.05) is 0 Å². The van der Waals surface area contributed by atoms with Crippen molar-refractivity contribution >= 4 is 5.91 Å². The third-order valence-corrected chi connectivity index (χ3v) is 5.26. The number of likely N-dealkylation sites (N-methyl/N-ethyl adjacent to an activating group) is 1. The Balaban J connectivity index is 1.99. The molecule has 1 aliphatic heterocycles. The molecular formula is C16H28N4O. The van der Waals surface area contributed by atoms with Crippen LogP contribution in [-0.4, -0.2) is 54.0 Å². The molecule has 0 aromatic heterocycles. The minimum absolute atomic E-state index is 0.0683. The van der Waals surface area contributed by atoms with Gasteiger partial charge in [-0.05, 0) is 32.2 Å². The van der Waals surface area contributed by atoms with E-state index < -0.39 is 5.54 Å². The topological polar surface area (TPSA) is 73.4 Å². The number of carbonyl (C=O) groups excluding carboxylic acids is 1. The first kappa shape index (κ1) is 16.3. The average molecular weight is 292 g/mol. The Morgan fingerprint density at radius 3 is 2.67 bits per heavy atom. The van der Waals surface area contributed by atoms with Crippen LogP contribution in [0.15, 0.2) is 0 Å². The summed E-state index contributed by atoms with van der Waals surface area (Å²) < 4.78 is 0. The number of nitriles is 1. The highest BCUT2D eigenvalue weighted by atomic mass is 16.2. The molecule has 0 spiro atoms. The zero-order valence-electron chi connectivity index (χ0n) is 13.2. The molecular weight excluding hydrogens is 264 g/mol. The normalized spacial score (nSPS) is 26.0. The average Bonchev–Trinajstić information content (AvgIpc) is 2.55. The molecule has 0 bridgehead atoms. The predicted octanol–water partition coefficient (Wildman–Crippen LogP) is 1.48. The van der Waals surface area contributed by atoms with E-state index in [-0.39, 0.29) is 5.91 Å². The number of nitrogens with zero attached hydrogens (tertiary/aromatic N) is 3. The smallest absolute Gasteiger partial charge is 0.237 e. The van der Waals surface area contributed by atoms with E-state index in [4.69, 9.17) is 5.73 Å². The first-order chi connectivity index (χ1) is 10.1. The van der Waals surface area contributed by atoms with Gasteiger partial charge in [0.25, 0.3) is 0 Å². The highest BCUT2D eigenvalue weighted by Gasteiger charge is 2.39. The standard InChI is InChI=1S/C16H28N4O/c1-19(16(13-18)8-4-2-5-9-16)15(21)12-20-10-6-3-7-14(20)11-17/h14H,2-12,17H2,1H3. The van der Waals surface area contributed by atoms with Gasteiger partial charge in [-0.1, -0.05) is 25.7 Å². The van der Waals surface area contributed by atoms with Crippen molar-refractivity contribution in [2.45, 2.75) is 62.9 Å². The molecule has 1 saturated carbocycles. The van der Waals surface area contributed by atoms with Gasteiger partial charge in [0.15, 0.2) is 0 Å². The second kappa shape index (κ2) is 7.24. The van der Waals surface area contributed by atoms with Gasteiger partial charge in [-0.25, -0.2) is 0 Å². The van der Waals surface area contributed by atoms with Gasteiger partial charge in [-0.2, -0.15) is 5.26 Å². The van der Waals surface area contributed by atoms with Crippen LogP contribution >= 0.6 is 0 Å². The Kier molecular flexibility index (Phi) is 5.60. The van der Waals surface area contributed by atoms with Crippen LogP contribution in [0.3, 0.4) is 0 Å². The molecule has 5 heteroatoms. The van der Waals surface area contributed by atoms with E-state index in [2.05, 4.69) is 11.0 Å². The predicted molar refractivity (Wildman–Crippen MR) is 82.5 cm³/mol. The molecule has 0 aromatic rings. The molecule has 0 aromatic carbocycles. The van der Waals surface area contributed by atoms with Crippen LogP contribution < -0.4 is 5.73 Å². The molecule has 5 nitrogen and oxygen atoms in total.